The van der Waals surface area contributed by atoms with Crippen LogP contribution in [0, 0.1) is 0 Å². The van der Waals surface area contributed by atoms with Gasteiger partial charge in [-0.25, -0.2) is 0 Å². The Hall–Kier alpha value is -2.77. The molecule has 7 nitrogen and oxygen atoms in total. The van der Waals surface area contributed by atoms with E-state index in [2.05, 4.69) is 10.2 Å². The van der Waals surface area contributed by atoms with Crippen LogP contribution in [-0.2, 0) is 9.53 Å². The minimum atomic E-state index is -0.160. The van der Waals surface area contributed by atoms with E-state index in [-0.39, 0.29) is 18.6 Å². The third-order valence-electron chi connectivity index (χ3n) is 4.91. The van der Waals surface area contributed by atoms with Crippen molar-refractivity contribution in [2.75, 3.05) is 53.7 Å². The molecule has 1 amide bonds. The number of hydrogen-bond donors (Lipinski definition) is 1. The van der Waals surface area contributed by atoms with Gasteiger partial charge in [0.2, 0.25) is 0 Å². The van der Waals surface area contributed by atoms with Crippen LogP contribution in [0.3, 0.4) is 0 Å². The van der Waals surface area contributed by atoms with Gasteiger partial charge in [-0.05, 0) is 42.0 Å². The monoisotopic (exact) mass is 400 g/mol. The maximum atomic E-state index is 12.3. The van der Waals surface area contributed by atoms with E-state index in [0.717, 1.165) is 30.2 Å². The fraction of sp³-hybridized carbons (Fsp3) is 0.409. The Morgan fingerprint density at radius 2 is 1.52 bits per heavy atom. The number of carbonyl (C=O) groups is 1. The molecule has 0 aliphatic carbocycles. The number of methoxy groups -OCH3 is 2. The molecular weight excluding hydrogens is 372 g/mol. The maximum Gasteiger partial charge on any atom is 0.258 e. The Balaban J connectivity index is 1.56. The summed E-state index contributed by atoms with van der Waals surface area (Å²) >= 11 is 0. The van der Waals surface area contributed by atoms with Crippen molar-refractivity contribution in [2.24, 2.45) is 0 Å². The predicted molar refractivity (Wildman–Crippen MR) is 110 cm³/mol. The minimum absolute atomic E-state index is 0.0369. The van der Waals surface area contributed by atoms with Crippen molar-refractivity contribution in [2.45, 2.75) is 6.04 Å². The number of ether oxygens (including phenoxy) is 4. The topological polar surface area (TPSA) is 69.3 Å². The molecule has 1 heterocycles. The molecule has 0 bridgehead atoms. The van der Waals surface area contributed by atoms with E-state index >= 15 is 0 Å². The number of hydrogen-bond acceptors (Lipinski definition) is 6. The fourth-order valence-corrected chi connectivity index (χ4v) is 3.26. The predicted octanol–water partition coefficient (Wildman–Crippen LogP) is 2.27. The van der Waals surface area contributed by atoms with Gasteiger partial charge in [0.1, 0.15) is 17.2 Å². The molecule has 29 heavy (non-hydrogen) atoms. The second kappa shape index (κ2) is 10.7. The van der Waals surface area contributed by atoms with Gasteiger partial charge in [-0.3, -0.25) is 9.69 Å². The lowest BCUT2D eigenvalue weighted by Gasteiger charge is -2.35. The van der Waals surface area contributed by atoms with Crippen LogP contribution < -0.4 is 19.5 Å². The molecule has 3 rings (SSSR count). The Kier molecular flexibility index (Phi) is 7.72. The lowest BCUT2D eigenvalue weighted by molar-refractivity contribution is -0.123. The molecule has 1 aliphatic heterocycles. The molecule has 156 valence electrons. The lowest BCUT2D eigenvalue weighted by Crippen LogP contribution is -2.44. The van der Waals surface area contributed by atoms with Gasteiger partial charge < -0.3 is 24.3 Å². The normalized spacial score (nSPS) is 15.4. The lowest BCUT2D eigenvalue weighted by atomic mass is 10.0. The first-order valence-electron chi connectivity index (χ1n) is 9.69. The van der Waals surface area contributed by atoms with Gasteiger partial charge in [-0.15, -0.1) is 0 Å². The third kappa shape index (κ3) is 6.10. The Morgan fingerprint density at radius 3 is 2.10 bits per heavy atom. The number of benzene rings is 2. The van der Waals surface area contributed by atoms with Gasteiger partial charge >= 0.3 is 0 Å². The van der Waals surface area contributed by atoms with Gasteiger partial charge in [0.15, 0.2) is 6.61 Å². The molecule has 1 aliphatic rings. The van der Waals surface area contributed by atoms with Gasteiger partial charge in [0.25, 0.3) is 5.91 Å². The van der Waals surface area contributed by atoms with E-state index in [1.807, 2.05) is 24.3 Å². The van der Waals surface area contributed by atoms with Crippen LogP contribution in [0.2, 0.25) is 0 Å². The summed E-state index contributed by atoms with van der Waals surface area (Å²) in [5.41, 5.74) is 1.13. The van der Waals surface area contributed by atoms with Crippen LogP contribution in [0.4, 0.5) is 0 Å². The molecule has 0 aromatic heterocycles. The average Bonchev–Trinajstić information content (AvgIpc) is 2.79. The van der Waals surface area contributed by atoms with Crippen molar-refractivity contribution in [1.29, 1.82) is 0 Å². The quantitative estimate of drug-likeness (QED) is 0.697. The van der Waals surface area contributed by atoms with E-state index in [1.165, 1.54) is 0 Å². The highest BCUT2D eigenvalue weighted by atomic mass is 16.5. The molecule has 1 N–H and O–H groups in total. The summed E-state index contributed by atoms with van der Waals surface area (Å²) in [5, 5.41) is 3.00. The summed E-state index contributed by atoms with van der Waals surface area (Å²) < 4.78 is 21.4. The van der Waals surface area contributed by atoms with Crippen LogP contribution in [-0.4, -0.2) is 64.5 Å². The third-order valence-corrected chi connectivity index (χ3v) is 4.91. The largest absolute Gasteiger partial charge is 0.497 e. The van der Waals surface area contributed by atoms with Crippen molar-refractivity contribution in [3.63, 3.8) is 0 Å². The zero-order chi connectivity index (χ0) is 20.5. The standard InChI is InChI=1S/C22H28N2O5/c1-26-18-5-3-17(4-6-18)21(24-11-13-28-14-12-24)15-23-22(25)16-29-20-9-7-19(27-2)8-10-20/h3-10,21H,11-16H2,1-2H3,(H,23,25)/t21-/m1/s1. The summed E-state index contributed by atoms with van der Waals surface area (Å²) in [4.78, 5) is 14.7. The van der Waals surface area contributed by atoms with E-state index in [9.17, 15) is 4.79 Å². The van der Waals surface area contributed by atoms with Crippen LogP contribution in [0.5, 0.6) is 17.2 Å². The number of morpholine rings is 1. The summed E-state index contributed by atoms with van der Waals surface area (Å²) in [6.07, 6.45) is 0. The van der Waals surface area contributed by atoms with Crippen LogP contribution in [0.25, 0.3) is 0 Å². The molecule has 1 saturated heterocycles. The highest BCUT2D eigenvalue weighted by Crippen LogP contribution is 2.23. The van der Waals surface area contributed by atoms with Gasteiger partial charge in [0, 0.05) is 19.6 Å². The zero-order valence-electron chi connectivity index (χ0n) is 16.9. The Labute approximate surface area is 171 Å². The maximum absolute atomic E-state index is 12.3. The second-order valence-corrected chi connectivity index (χ2v) is 6.71. The molecule has 0 unspecified atom stereocenters. The van der Waals surface area contributed by atoms with Crippen molar-refractivity contribution in [3.8, 4) is 17.2 Å². The van der Waals surface area contributed by atoms with Crippen LogP contribution in [0.1, 0.15) is 11.6 Å². The number of rotatable bonds is 9. The van der Waals surface area contributed by atoms with E-state index in [0.29, 0.717) is 25.5 Å². The van der Waals surface area contributed by atoms with Crippen LogP contribution in [0.15, 0.2) is 48.5 Å². The van der Waals surface area contributed by atoms with E-state index in [1.54, 1.807) is 38.5 Å². The first-order valence-corrected chi connectivity index (χ1v) is 9.69. The zero-order valence-corrected chi connectivity index (χ0v) is 16.9. The number of amides is 1. The van der Waals surface area contributed by atoms with E-state index < -0.39 is 0 Å². The molecule has 7 heteroatoms. The molecule has 1 fully saturated rings. The molecule has 2 aromatic rings. The molecule has 0 saturated carbocycles. The highest BCUT2D eigenvalue weighted by Gasteiger charge is 2.23. The van der Waals surface area contributed by atoms with E-state index in [4.69, 9.17) is 18.9 Å². The molecule has 1 atom stereocenters. The number of nitrogens with one attached hydrogen (secondary N) is 1. The molecule has 2 aromatic carbocycles. The Morgan fingerprint density at radius 1 is 0.966 bits per heavy atom. The molecule has 0 radical (unpaired) electrons. The van der Waals surface area contributed by atoms with Gasteiger partial charge in [0.05, 0.1) is 33.5 Å². The summed E-state index contributed by atoms with van der Waals surface area (Å²) in [7, 11) is 3.26. The molecule has 0 spiro atoms. The fourth-order valence-electron chi connectivity index (χ4n) is 3.26. The first kappa shape index (κ1) is 21.0. The summed E-state index contributed by atoms with van der Waals surface area (Å²) in [6, 6.07) is 15.2. The SMILES string of the molecule is COc1ccc(OCC(=O)NC[C@H](c2ccc(OC)cc2)N2CCOCC2)cc1. The van der Waals surface area contributed by atoms with Crippen molar-refractivity contribution in [3.05, 3.63) is 54.1 Å². The smallest absolute Gasteiger partial charge is 0.258 e. The number of nitrogens with zero attached hydrogens (tertiary/aromatic N) is 1. The second-order valence-electron chi connectivity index (χ2n) is 6.71. The highest BCUT2D eigenvalue weighted by molar-refractivity contribution is 5.77. The van der Waals surface area contributed by atoms with Crippen molar-refractivity contribution >= 4 is 5.91 Å². The summed E-state index contributed by atoms with van der Waals surface area (Å²) in [5.74, 6) is 2.02. The average molecular weight is 400 g/mol. The van der Waals surface area contributed by atoms with Crippen molar-refractivity contribution < 1.29 is 23.7 Å². The molecular formula is C22H28N2O5. The number of carbonyl (C=O) groups excluding carboxylic acids is 1. The van der Waals surface area contributed by atoms with Crippen molar-refractivity contribution in [1.82, 2.24) is 10.2 Å². The summed E-state index contributed by atoms with van der Waals surface area (Å²) in [6.45, 7) is 3.51. The minimum Gasteiger partial charge on any atom is -0.497 e. The van der Waals surface area contributed by atoms with Crippen LogP contribution >= 0.6 is 0 Å². The Bertz CT molecular complexity index is 758. The first-order chi connectivity index (χ1) is 14.2. The van der Waals surface area contributed by atoms with Gasteiger partial charge in [-0.1, -0.05) is 12.1 Å². The van der Waals surface area contributed by atoms with Gasteiger partial charge in [-0.2, -0.15) is 0 Å².